The Kier molecular flexibility index (Phi) is 6.05. The fourth-order valence-electron chi connectivity index (χ4n) is 2.36. The van der Waals surface area contributed by atoms with Gasteiger partial charge in [0.05, 0.1) is 10.8 Å². The third-order valence-electron chi connectivity index (χ3n) is 3.52. The molecule has 2 rings (SSSR count). The molecule has 0 unspecified atom stereocenters. The highest BCUT2D eigenvalue weighted by atomic mass is 35.5. The zero-order valence-corrected chi connectivity index (χ0v) is 13.2. The first-order valence-corrected chi connectivity index (χ1v) is 8.49. The summed E-state index contributed by atoms with van der Waals surface area (Å²) in [7, 11) is 0. The van der Waals surface area contributed by atoms with Gasteiger partial charge in [-0.2, -0.15) is 0 Å². The standard InChI is InChI=1S/C15H21ClN2OS/c16-13-7-6-12(17)10-14(13)20-11-15(19)18-8-4-2-1-3-5-9-18/h6-7,10H,1-5,8-9,11,17H2. The van der Waals surface area contributed by atoms with Crippen LogP contribution in [0.4, 0.5) is 5.69 Å². The van der Waals surface area contributed by atoms with E-state index in [2.05, 4.69) is 0 Å². The van der Waals surface area contributed by atoms with Crippen LogP contribution in [0.15, 0.2) is 23.1 Å². The van der Waals surface area contributed by atoms with Crippen LogP contribution < -0.4 is 5.73 Å². The molecular formula is C15H21ClN2OS. The number of thioether (sulfide) groups is 1. The maximum absolute atomic E-state index is 12.3. The molecule has 1 amide bonds. The molecule has 0 bridgehead atoms. The summed E-state index contributed by atoms with van der Waals surface area (Å²) in [5.41, 5.74) is 6.42. The molecule has 3 nitrogen and oxygen atoms in total. The van der Waals surface area contributed by atoms with Gasteiger partial charge in [-0.15, -0.1) is 11.8 Å². The lowest BCUT2D eigenvalue weighted by atomic mass is 10.1. The molecule has 1 heterocycles. The van der Waals surface area contributed by atoms with Gasteiger partial charge in [0.2, 0.25) is 5.91 Å². The lowest BCUT2D eigenvalue weighted by Gasteiger charge is -2.24. The Balaban J connectivity index is 1.88. The Labute approximate surface area is 129 Å². The molecule has 1 saturated heterocycles. The minimum Gasteiger partial charge on any atom is -0.399 e. The number of nitrogens with zero attached hydrogens (tertiary/aromatic N) is 1. The number of likely N-dealkylation sites (tertiary alicyclic amines) is 1. The lowest BCUT2D eigenvalue weighted by molar-refractivity contribution is -0.128. The van der Waals surface area contributed by atoms with Crippen molar-refractivity contribution in [2.24, 2.45) is 0 Å². The summed E-state index contributed by atoms with van der Waals surface area (Å²) < 4.78 is 0. The molecule has 1 fully saturated rings. The van der Waals surface area contributed by atoms with E-state index in [1.54, 1.807) is 12.1 Å². The third-order valence-corrected chi connectivity index (χ3v) is 5.00. The Morgan fingerprint density at radius 3 is 2.55 bits per heavy atom. The second-order valence-electron chi connectivity index (χ2n) is 5.13. The van der Waals surface area contributed by atoms with Gasteiger partial charge in [-0.3, -0.25) is 4.79 Å². The molecule has 0 atom stereocenters. The number of hydrogen-bond donors (Lipinski definition) is 1. The molecule has 1 aliphatic heterocycles. The molecular weight excluding hydrogens is 292 g/mol. The van der Waals surface area contributed by atoms with E-state index < -0.39 is 0 Å². The number of benzene rings is 1. The molecule has 110 valence electrons. The van der Waals surface area contributed by atoms with Crippen molar-refractivity contribution in [3.05, 3.63) is 23.2 Å². The van der Waals surface area contributed by atoms with Gasteiger partial charge in [0.15, 0.2) is 0 Å². The summed E-state index contributed by atoms with van der Waals surface area (Å²) in [5, 5.41) is 0.657. The molecule has 0 radical (unpaired) electrons. The topological polar surface area (TPSA) is 46.3 Å². The second kappa shape index (κ2) is 7.79. The monoisotopic (exact) mass is 312 g/mol. The molecule has 20 heavy (non-hydrogen) atoms. The highest BCUT2D eigenvalue weighted by Gasteiger charge is 2.15. The summed E-state index contributed by atoms with van der Waals surface area (Å²) >= 11 is 7.58. The fourth-order valence-corrected chi connectivity index (χ4v) is 3.53. The van der Waals surface area contributed by atoms with Gasteiger partial charge in [0.1, 0.15) is 0 Å². The van der Waals surface area contributed by atoms with Crippen molar-refractivity contribution < 1.29 is 4.79 Å². The van der Waals surface area contributed by atoms with Crippen LogP contribution in [0.5, 0.6) is 0 Å². The zero-order chi connectivity index (χ0) is 14.4. The van der Waals surface area contributed by atoms with E-state index in [9.17, 15) is 4.79 Å². The van der Waals surface area contributed by atoms with E-state index >= 15 is 0 Å². The molecule has 0 spiro atoms. The summed E-state index contributed by atoms with van der Waals surface area (Å²) in [6, 6.07) is 5.38. The van der Waals surface area contributed by atoms with Crippen molar-refractivity contribution in [3.63, 3.8) is 0 Å². The predicted molar refractivity (Wildman–Crippen MR) is 86.3 cm³/mol. The summed E-state index contributed by atoms with van der Waals surface area (Å²) in [6.45, 7) is 1.79. The van der Waals surface area contributed by atoms with Crippen LogP contribution in [-0.2, 0) is 4.79 Å². The molecule has 1 aliphatic rings. The zero-order valence-electron chi connectivity index (χ0n) is 11.6. The van der Waals surface area contributed by atoms with Crippen molar-refractivity contribution >= 4 is 35.0 Å². The van der Waals surface area contributed by atoms with E-state index in [0.29, 0.717) is 16.5 Å². The minimum absolute atomic E-state index is 0.204. The SMILES string of the molecule is Nc1ccc(Cl)c(SCC(=O)N2CCCCCCC2)c1. The molecule has 2 N–H and O–H groups in total. The van der Waals surface area contributed by atoms with Crippen molar-refractivity contribution in [3.8, 4) is 0 Å². The average Bonchev–Trinajstić information content (AvgIpc) is 2.39. The smallest absolute Gasteiger partial charge is 0.232 e. The maximum Gasteiger partial charge on any atom is 0.232 e. The number of nitrogen functional groups attached to an aromatic ring is 1. The Bertz CT molecular complexity index is 459. The highest BCUT2D eigenvalue weighted by Crippen LogP contribution is 2.29. The number of nitrogens with two attached hydrogens (primary N) is 1. The van der Waals surface area contributed by atoms with E-state index in [4.69, 9.17) is 17.3 Å². The van der Waals surface area contributed by atoms with Crippen molar-refractivity contribution in [2.45, 2.75) is 37.0 Å². The van der Waals surface area contributed by atoms with Gasteiger partial charge in [-0.25, -0.2) is 0 Å². The quantitative estimate of drug-likeness (QED) is 0.682. The average molecular weight is 313 g/mol. The fraction of sp³-hybridized carbons (Fsp3) is 0.533. The normalized spacial score (nSPS) is 16.6. The summed E-state index contributed by atoms with van der Waals surface area (Å²) in [4.78, 5) is 15.1. The number of rotatable bonds is 3. The molecule has 0 saturated carbocycles. The van der Waals surface area contributed by atoms with Crippen LogP contribution in [0.1, 0.15) is 32.1 Å². The first kappa shape index (κ1) is 15.5. The third kappa shape index (κ3) is 4.60. The van der Waals surface area contributed by atoms with Gasteiger partial charge < -0.3 is 10.6 Å². The predicted octanol–water partition coefficient (Wildman–Crippen LogP) is 3.81. The van der Waals surface area contributed by atoms with E-state index in [0.717, 1.165) is 30.8 Å². The molecule has 0 aliphatic carbocycles. The van der Waals surface area contributed by atoms with Crippen LogP contribution in [0.2, 0.25) is 5.02 Å². The largest absolute Gasteiger partial charge is 0.399 e. The van der Waals surface area contributed by atoms with Gasteiger partial charge in [0.25, 0.3) is 0 Å². The number of hydrogen-bond acceptors (Lipinski definition) is 3. The van der Waals surface area contributed by atoms with Gasteiger partial charge >= 0.3 is 0 Å². The van der Waals surface area contributed by atoms with Crippen molar-refractivity contribution in [1.82, 2.24) is 4.90 Å². The van der Waals surface area contributed by atoms with Crippen molar-refractivity contribution in [2.75, 3.05) is 24.6 Å². The Morgan fingerprint density at radius 1 is 1.20 bits per heavy atom. The highest BCUT2D eigenvalue weighted by molar-refractivity contribution is 8.00. The summed E-state index contributed by atoms with van der Waals surface area (Å²) in [5.74, 6) is 0.638. The first-order valence-electron chi connectivity index (χ1n) is 7.12. The maximum atomic E-state index is 12.3. The lowest BCUT2D eigenvalue weighted by Crippen LogP contribution is -2.35. The molecule has 1 aromatic carbocycles. The molecule has 1 aromatic rings. The molecule has 0 aromatic heterocycles. The Hall–Kier alpha value is -0.870. The first-order chi connectivity index (χ1) is 9.66. The number of anilines is 1. The van der Waals surface area contributed by atoms with Crippen molar-refractivity contribution in [1.29, 1.82) is 0 Å². The number of halogens is 1. The van der Waals surface area contributed by atoms with Gasteiger partial charge in [-0.1, -0.05) is 30.9 Å². The van der Waals surface area contributed by atoms with Crippen LogP contribution >= 0.6 is 23.4 Å². The van der Waals surface area contributed by atoms with Crippen LogP contribution in [-0.4, -0.2) is 29.6 Å². The number of amides is 1. The Morgan fingerprint density at radius 2 is 1.85 bits per heavy atom. The molecule has 5 heteroatoms. The summed E-state index contributed by atoms with van der Waals surface area (Å²) in [6.07, 6.45) is 6.01. The minimum atomic E-state index is 0.204. The number of carbonyl (C=O) groups excluding carboxylic acids is 1. The van der Waals surface area contributed by atoms with Crippen LogP contribution in [0, 0.1) is 0 Å². The van der Waals surface area contributed by atoms with E-state index in [1.807, 2.05) is 11.0 Å². The van der Waals surface area contributed by atoms with Gasteiger partial charge in [0, 0.05) is 23.7 Å². The van der Waals surface area contributed by atoms with E-state index in [-0.39, 0.29) is 5.91 Å². The van der Waals surface area contributed by atoms with Gasteiger partial charge in [-0.05, 0) is 31.0 Å². The van der Waals surface area contributed by atoms with Crippen LogP contribution in [0.25, 0.3) is 0 Å². The number of carbonyl (C=O) groups is 1. The van der Waals surface area contributed by atoms with E-state index in [1.165, 1.54) is 31.0 Å². The second-order valence-corrected chi connectivity index (χ2v) is 6.55. The van der Waals surface area contributed by atoms with Crippen LogP contribution in [0.3, 0.4) is 0 Å².